The van der Waals surface area contributed by atoms with E-state index in [0.29, 0.717) is 17.6 Å². The molecule has 39 heavy (non-hydrogen) atoms. The van der Waals surface area contributed by atoms with Gasteiger partial charge in [0.2, 0.25) is 0 Å². The molecule has 2 aromatic heterocycles. The van der Waals surface area contributed by atoms with Crippen molar-refractivity contribution >= 4 is 22.6 Å². The summed E-state index contributed by atoms with van der Waals surface area (Å²) in [5.41, 5.74) is 8.61. The molecule has 0 spiro atoms. The summed E-state index contributed by atoms with van der Waals surface area (Å²) in [5.74, 6) is 0.0541. The summed E-state index contributed by atoms with van der Waals surface area (Å²) in [6.45, 7) is 3.89. The maximum absolute atomic E-state index is 13.4. The van der Waals surface area contributed by atoms with Crippen LogP contribution in [0.25, 0.3) is 22.0 Å². The van der Waals surface area contributed by atoms with Crippen LogP contribution in [-0.4, -0.2) is 74.2 Å². The number of nitrogens with two attached hydrogens (primary N) is 1. The number of nitrogens with one attached hydrogen (secondary N) is 1. The molecule has 1 atom stereocenters. The predicted octanol–water partition coefficient (Wildman–Crippen LogP) is 3.67. The van der Waals surface area contributed by atoms with Gasteiger partial charge >= 0.3 is 0 Å². The van der Waals surface area contributed by atoms with E-state index in [1.54, 1.807) is 6.20 Å². The lowest BCUT2D eigenvalue weighted by Gasteiger charge is -2.51. The first-order chi connectivity index (χ1) is 18.9. The number of likely N-dealkylation sites (tertiary alicyclic amines) is 1. The van der Waals surface area contributed by atoms with Crippen LogP contribution in [0.4, 0.5) is 5.82 Å². The molecular formula is C30H38N6O3. The molecule has 5 aliphatic rings. The van der Waals surface area contributed by atoms with Crippen LogP contribution in [0.2, 0.25) is 0 Å². The fourth-order valence-electron chi connectivity index (χ4n) is 7.25. The predicted molar refractivity (Wildman–Crippen MR) is 149 cm³/mol. The van der Waals surface area contributed by atoms with E-state index in [1.807, 2.05) is 18.2 Å². The van der Waals surface area contributed by atoms with E-state index in [-0.39, 0.29) is 17.3 Å². The highest BCUT2D eigenvalue weighted by Gasteiger charge is 2.48. The fourth-order valence-corrected chi connectivity index (χ4v) is 7.25. The van der Waals surface area contributed by atoms with Gasteiger partial charge in [0, 0.05) is 61.2 Å². The minimum atomic E-state index is -0.540. The van der Waals surface area contributed by atoms with Gasteiger partial charge in [0.15, 0.2) is 0 Å². The summed E-state index contributed by atoms with van der Waals surface area (Å²) in [6, 6.07) is 9.08. The first kappa shape index (κ1) is 25.0. The molecule has 5 fully saturated rings. The molecule has 3 aromatic rings. The number of carbonyl (C=O) groups is 1. The lowest BCUT2D eigenvalue weighted by atomic mass is 9.63. The van der Waals surface area contributed by atoms with Crippen LogP contribution in [0, 0.1) is 0 Å². The molecular weight excluding hydrogens is 492 g/mol. The van der Waals surface area contributed by atoms with Crippen molar-refractivity contribution in [3.05, 3.63) is 42.2 Å². The van der Waals surface area contributed by atoms with E-state index in [4.69, 9.17) is 15.6 Å². The number of anilines is 1. The van der Waals surface area contributed by atoms with Gasteiger partial charge in [-0.2, -0.15) is 5.10 Å². The van der Waals surface area contributed by atoms with Gasteiger partial charge in [-0.25, -0.2) is 4.98 Å². The molecule has 2 aliphatic heterocycles. The number of hydrogen-bond donors (Lipinski definition) is 3. The quantitative estimate of drug-likeness (QED) is 0.461. The maximum Gasteiger partial charge on any atom is 0.255 e. The number of nitrogen functional groups attached to an aromatic ring is 1. The number of carbonyl (C=O) groups excluding carboxylic acids is 1. The lowest BCUT2D eigenvalue weighted by Crippen LogP contribution is -2.58. The second kappa shape index (κ2) is 9.57. The molecule has 1 aromatic carbocycles. The van der Waals surface area contributed by atoms with Crippen LogP contribution in [0.5, 0.6) is 0 Å². The van der Waals surface area contributed by atoms with Crippen molar-refractivity contribution in [3.8, 4) is 11.1 Å². The molecule has 1 amide bonds. The summed E-state index contributed by atoms with van der Waals surface area (Å²) in [7, 11) is 0. The van der Waals surface area contributed by atoms with Gasteiger partial charge in [-0.05, 0) is 81.5 Å². The number of aliphatic hydroxyl groups is 1. The van der Waals surface area contributed by atoms with Gasteiger partial charge in [0.25, 0.3) is 5.91 Å². The number of amides is 1. The van der Waals surface area contributed by atoms with Crippen LogP contribution in [0.1, 0.15) is 74.2 Å². The Morgan fingerprint density at radius 2 is 1.79 bits per heavy atom. The molecule has 4 heterocycles. The zero-order valence-electron chi connectivity index (χ0n) is 22.4. The molecule has 0 unspecified atom stereocenters. The average molecular weight is 531 g/mol. The molecule has 9 nitrogen and oxygen atoms in total. The number of fused-ring (bicyclic) bond motifs is 4. The van der Waals surface area contributed by atoms with Crippen LogP contribution in [-0.2, 0) is 4.74 Å². The number of aromatic nitrogens is 3. The van der Waals surface area contributed by atoms with E-state index >= 15 is 0 Å². The Balaban J connectivity index is 1.09. The molecule has 4 N–H and O–H groups in total. The Hall–Kier alpha value is -3.01. The highest BCUT2D eigenvalue weighted by atomic mass is 16.5. The average Bonchev–Trinajstić information content (AvgIpc) is 3.62. The van der Waals surface area contributed by atoms with Crippen molar-refractivity contribution in [3.63, 3.8) is 0 Å². The Morgan fingerprint density at radius 3 is 2.56 bits per heavy atom. The standard InChI is InChI=1S/C30H38N6O3/c31-27-25(28(37)33-29-6-9-30(38,10-7-29)11-8-29)16-21(17-32-27)20-1-2-26-22(15-20)18-36(34-26)24-3-12-35(19-24)23-4-13-39-14-5-23/h1-2,15-18,23-24,38H,3-14,19H2,(H2,31,32)(H,33,37)/t24-,29?,30?/m1/s1. The van der Waals surface area contributed by atoms with Gasteiger partial charge < -0.3 is 20.9 Å². The maximum atomic E-state index is 13.4. The number of benzene rings is 1. The third-order valence-electron chi connectivity index (χ3n) is 9.88. The Labute approximate surface area is 228 Å². The summed E-state index contributed by atoms with van der Waals surface area (Å²) in [6.07, 6.45) is 11.9. The minimum absolute atomic E-state index is 0.182. The van der Waals surface area contributed by atoms with Gasteiger partial charge in [-0.15, -0.1) is 0 Å². The van der Waals surface area contributed by atoms with E-state index in [0.717, 1.165) is 106 Å². The Morgan fingerprint density at radius 1 is 1.03 bits per heavy atom. The van der Waals surface area contributed by atoms with Crippen LogP contribution < -0.4 is 11.1 Å². The Kier molecular flexibility index (Phi) is 6.13. The number of rotatable bonds is 5. The summed E-state index contributed by atoms with van der Waals surface area (Å²) in [4.78, 5) is 20.4. The highest BCUT2D eigenvalue weighted by molar-refractivity contribution is 6.00. The van der Waals surface area contributed by atoms with Crippen molar-refractivity contribution in [2.24, 2.45) is 0 Å². The smallest absolute Gasteiger partial charge is 0.255 e. The number of pyridine rings is 1. The molecule has 2 saturated heterocycles. The SMILES string of the molecule is Nc1ncc(-c2ccc3nn([C@@H]4CCN(C5CCOCC5)C4)cc3c2)cc1C(=O)NC12CCC(O)(CC1)CC2. The summed E-state index contributed by atoms with van der Waals surface area (Å²) in [5, 5.41) is 19.8. The molecule has 9 heteroatoms. The number of nitrogens with zero attached hydrogens (tertiary/aromatic N) is 4. The third-order valence-corrected chi connectivity index (χ3v) is 9.88. The molecule has 8 rings (SSSR count). The third kappa shape index (κ3) is 4.70. The topological polar surface area (TPSA) is 119 Å². The Bertz CT molecular complexity index is 1370. The van der Waals surface area contributed by atoms with E-state index < -0.39 is 5.60 Å². The molecule has 3 aliphatic carbocycles. The van der Waals surface area contributed by atoms with Gasteiger partial charge in [0.1, 0.15) is 5.82 Å². The van der Waals surface area contributed by atoms with Crippen molar-refractivity contribution in [1.29, 1.82) is 0 Å². The first-order valence-electron chi connectivity index (χ1n) is 14.5. The lowest BCUT2D eigenvalue weighted by molar-refractivity contribution is -0.0702. The van der Waals surface area contributed by atoms with Gasteiger partial charge in [0.05, 0.1) is 22.7 Å². The molecule has 2 bridgehead atoms. The number of ether oxygens (including phenoxy) is 1. The van der Waals surface area contributed by atoms with Gasteiger partial charge in [-0.1, -0.05) is 6.07 Å². The van der Waals surface area contributed by atoms with E-state index in [1.165, 1.54) is 0 Å². The monoisotopic (exact) mass is 530 g/mol. The zero-order valence-corrected chi connectivity index (χ0v) is 22.4. The molecule has 206 valence electrons. The normalized spacial score (nSPS) is 29.7. The first-order valence-corrected chi connectivity index (χ1v) is 14.5. The second-order valence-electron chi connectivity index (χ2n) is 12.3. The molecule has 3 saturated carbocycles. The van der Waals surface area contributed by atoms with Crippen molar-refractivity contribution in [2.75, 3.05) is 32.0 Å². The van der Waals surface area contributed by atoms with E-state index in [2.05, 4.69) is 32.1 Å². The van der Waals surface area contributed by atoms with Gasteiger partial charge in [-0.3, -0.25) is 14.4 Å². The molecule has 0 radical (unpaired) electrons. The fraction of sp³-hybridized carbons (Fsp3) is 0.567. The largest absolute Gasteiger partial charge is 0.390 e. The van der Waals surface area contributed by atoms with Crippen LogP contribution in [0.3, 0.4) is 0 Å². The van der Waals surface area contributed by atoms with Crippen molar-refractivity contribution in [1.82, 2.24) is 25.0 Å². The van der Waals surface area contributed by atoms with E-state index in [9.17, 15) is 9.90 Å². The highest BCUT2D eigenvalue weighted by Crippen LogP contribution is 2.47. The minimum Gasteiger partial charge on any atom is -0.390 e. The second-order valence-corrected chi connectivity index (χ2v) is 12.3. The summed E-state index contributed by atoms with van der Waals surface area (Å²) >= 11 is 0. The van der Waals surface area contributed by atoms with Crippen LogP contribution in [0.15, 0.2) is 36.7 Å². The summed E-state index contributed by atoms with van der Waals surface area (Å²) < 4.78 is 7.69. The van der Waals surface area contributed by atoms with Crippen LogP contribution >= 0.6 is 0 Å². The zero-order chi connectivity index (χ0) is 26.6. The number of hydrogen-bond acceptors (Lipinski definition) is 7. The van der Waals surface area contributed by atoms with Crippen molar-refractivity contribution in [2.45, 2.75) is 81.0 Å². The van der Waals surface area contributed by atoms with Crippen molar-refractivity contribution < 1.29 is 14.6 Å².